The third-order valence-corrected chi connectivity index (χ3v) is 5.37. The summed E-state index contributed by atoms with van der Waals surface area (Å²) in [6.45, 7) is 9.95. The first-order valence-electron chi connectivity index (χ1n) is 8.07. The van der Waals surface area contributed by atoms with Crippen molar-refractivity contribution in [1.82, 2.24) is 15.1 Å². The van der Waals surface area contributed by atoms with Crippen LogP contribution in [0.1, 0.15) is 39.0 Å². The van der Waals surface area contributed by atoms with E-state index in [4.69, 9.17) is 0 Å². The molecule has 0 amide bonds. The largest absolute Gasteiger partial charge is 0.317 e. The van der Waals surface area contributed by atoms with Crippen LogP contribution in [0.25, 0.3) is 0 Å². The molecular weight excluding hydrogens is 222 g/mol. The molecule has 0 radical (unpaired) electrons. The van der Waals surface area contributed by atoms with Crippen molar-refractivity contribution in [3.8, 4) is 0 Å². The molecule has 3 nitrogen and oxygen atoms in total. The molecule has 0 aromatic carbocycles. The number of piperidine rings is 1. The van der Waals surface area contributed by atoms with Crippen LogP contribution in [-0.4, -0.2) is 61.2 Å². The van der Waals surface area contributed by atoms with E-state index in [0.29, 0.717) is 0 Å². The summed E-state index contributed by atoms with van der Waals surface area (Å²) in [5.74, 6) is 0.931. The van der Waals surface area contributed by atoms with Gasteiger partial charge in [0, 0.05) is 31.7 Å². The van der Waals surface area contributed by atoms with E-state index < -0.39 is 0 Å². The fraction of sp³-hybridized carbons (Fsp3) is 1.00. The lowest BCUT2D eigenvalue weighted by Gasteiger charge is -2.51. The summed E-state index contributed by atoms with van der Waals surface area (Å²) < 4.78 is 0. The Morgan fingerprint density at radius 3 is 2.67 bits per heavy atom. The van der Waals surface area contributed by atoms with Gasteiger partial charge in [0.05, 0.1) is 0 Å². The van der Waals surface area contributed by atoms with E-state index in [-0.39, 0.29) is 0 Å². The lowest BCUT2D eigenvalue weighted by atomic mass is 9.77. The first-order chi connectivity index (χ1) is 8.88. The second-order valence-corrected chi connectivity index (χ2v) is 6.39. The zero-order chi connectivity index (χ0) is 12.4. The third-order valence-electron chi connectivity index (χ3n) is 5.37. The summed E-state index contributed by atoms with van der Waals surface area (Å²) in [4.78, 5) is 5.57. The molecule has 18 heavy (non-hydrogen) atoms. The minimum Gasteiger partial charge on any atom is -0.317 e. The van der Waals surface area contributed by atoms with E-state index in [2.05, 4.69) is 22.0 Å². The Kier molecular flexibility index (Phi) is 4.22. The molecule has 0 aromatic heterocycles. The van der Waals surface area contributed by atoms with Crippen LogP contribution in [-0.2, 0) is 0 Å². The van der Waals surface area contributed by atoms with Gasteiger partial charge >= 0.3 is 0 Å². The zero-order valence-corrected chi connectivity index (χ0v) is 11.9. The fourth-order valence-electron chi connectivity index (χ4n) is 4.08. The van der Waals surface area contributed by atoms with Gasteiger partial charge in [-0.3, -0.25) is 9.80 Å². The molecule has 104 valence electrons. The lowest BCUT2D eigenvalue weighted by molar-refractivity contribution is -0.0173. The third kappa shape index (κ3) is 2.59. The van der Waals surface area contributed by atoms with Crippen molar-refractivity contribution >= 4 is 0 Å². The van der Waals surface area contributed by atoms with Crippen LogP contribution in [0.4, 0.5) is 0 Å². The predicted molar refractivity (Wildman–Crippen MR) is 75.8 cm³/mol. The van der Waals surface area contributed by atoms with Gasteiger partial charge in [-0.15, -0.1) is 0 Å². The highest BCUT2D eigenvalue weighted by Gasteiger charge is 2.39. The summed E-state index contributed by atoms with van der Waals surface area (Å²) >= 11 is 0. The van der Waals surface area contributed by atoms with Crippen molar-refractivity contribution in [2.45, 2.75) is 51.1 Å². The summed E-state index contributed by atoms with van der Waals surface area (Å²) in [6.07, 6.45) is 7.23. The van der Waals surface area contributed by atoms with E-state index in [1.54, 1.807) is 0 Å². The Morgan fingerprint density at radius 1 is 1.00 bits per heavy atom. The van der Waals surface area contributed by atoms with Crippen molar-refractivity contribution < 1.29 is 0 Å². The second kappa shape index (κ2) is 5.89. The molecule has 3 atom stereocenters. The van der Waals surface area contributed by atoms with Gasteiger partial charge in [-0.1, -0.05) is 13.3 Å². The van der Waals surface area contributed by atoms with E-state index in [9.17, 15) is 0 Å². The van der Waals surface area contributed by atoms with Gasteiger partial charge < -0.3 is 5.32 Å². The molecule has 2 saturated heterocycles. The molecule has 3 aliphatic rings. The van der Waals surface area contributed by atoms with Gasteiger partial charge in [0.15, 0.2) is 0 Å². The minimum atomic E-state index is 0.882. The lowest BCUT2D eigenvalue weighted by Crippen LogP contribution is -2.61. The molecule has 0 spiro atoms. The molecule has 2 aliphatic heterocycles. The Labute approximate surface area is 112 Å². The Bertz CT molecular complexity index is 268. The highest BCUT2D eigenvalue weighted by Crippen LogP contribution is 2.34. The Hall–Kier alpha value is -0.120. The van der Waals surface area contributed by atoms with Crippen molar-refractivity contribution in [1.29, 1.82) is 0 Å². The second-order valence-electron chi connectivity index (χ2n) is 6.39. The topological polar surface area (TPSA) is 18.5 Å². The quantitative estimate of drug-likeness (QED) is 0.818. The van der Waals surface area contributed by atoms with Crippen LogP contribution < -0.4 is 5.32 Å². The monoisotopic (exact) mass is 251 g/mol. The van der Waals surface area contributed by atoms with Crippen LogP contribution in [0.5, 0.6) is 0 Å². The molecule has 2 heterocycles. The van der Waals surface area contributed by atoms with E-state index in [0.717, 1.165) is 24.5 Å². The number of nitrogens with zero attached hydrogens (tertiary/aromatic N) is 2. The van der Waals surface area contributed by atoms with E-state index in [1.165, 1.54) is 64.8 Å². The van der Waals surface area contributed by atoms with Crippen LogP contribution in [0.15, 0.2) is 0 Å². The SMILES string of the molecule is CCNCC1CCC1N1CCN2CCCCC2C1. The first kappa shape index (κ1) is 12.9. The predicted octanol–water partition coefficient (Wildman–Crippen LogP) is 1.54. The van der Waals surface area contributed by atoms with Crippen molar-refractivity contribution in [3.63, 3.8) is 0 Å². The number of fused-ring (bicyclic) bond motifs is 1. The molecule has 1 aliphatic carbocycles. The van der Waals surface area contributed by atoms with Gasteiger partial charge in [-0.05, 0) is 51.2 Å². The molecule has 3 heteroatoms. The minimum absolute atomic E-state index is 0.882. The number of hydrogen-bond acceptors (Lipinski definition) is 3. The van der Waals surface area contributed by atoms with Gasteiger partial charge in [0.25, 0.3) is 0 Å². The molecule has 1 N–H and O–H groups in total. The maximum Gasteiger partial charge on any atom is 0.0223 e. The van der Waals surface area contributed by atoms with Crippen LogP contribution in [0.2, 0.25) is 0 Å². The Balaban J connectivity index is 1.51. The average molecular weight is 251 g/mol. The number of rotatable bonds is 4. The van der Waals surface area contributed by atoms with Gasteiger partial charge in [-0.25, -0.2) is 0 Å². The molecule has 0 aromatic rings. The van der Waals surface area contributed by atoms with E-state index >= 15 is 0 Å². The standard InChI is InChI=1S/C15H29N3/c1-2-16-11-13-6-7-15(13)18-10-9-17-8-4-3-5-14(17)12-18/h13-16H,2-12H2,1H3. The molecule has 3 unspecified atom stereocenters. The molecule has 3 rings (SSSR count). The van der Waals surface area contributed by atoms with Gasteiger partial charge in [0.2, 0.25) is 0 Å². The highest BCUT2D eigenvalue weighted by atomic mass is 15.3. The molecular formula is C15H29N3. The van der Waals surface area contributed by atoms with Gasteiger partial charge in [-0.2, -0.15) is 0 Å². The summed E-state index contributed by atoms with van der Waals surface area (Å²) in [7, 11) is 0. The van der Waals surface area contributed by atoms with Crippen molar-refractivity contribution in [2.75, 3.05) is 39.3 Å². The number of nitrogens with one attached hydrogen (secondary N) is 1. The van der Waals surface area contributed by atoms with Crippen LogP contribution in [0.3, 0.4) is 0 Å². The van der Waals surface area contributed by atoms with Gasteiger partial charge in [0.1, 0.15) is 0 Å². The van der Waals surface area contributed by atoms with E-state index in [1.807, 2.05) is 0 Å². The summed E-state index contributed by atoms with van der Waals surface area (Å²) in [5.41, 5.74) is 0. The Morgan fingerprint density at radius 2 is 1.89 bits per heavy atom. The summed E-state index contributed by atoms with van der Waals surface area (Å²) in [6, 6.07) is 1.78. The molecule has 3 fully saturated rings. The molecule has 1 saturated carbocycles. The number of piperazine rings is 1. The normalized spacial score (nSPS) is 38.2. The van der Waals surface area contributed by atoms with Crippen LogP contribution in [0, 0.1) is 5.92 Å². The van der Waals surface area contributed by atoms with Crippen LogP contribution >= 0.6 is 0 Å². The summed E-state index contributed by atoms with van der Waals surface area (Å²) in [5, 5.41) is 3.54. The van der Waals surface area contributed by atoms with Crippen molar-refractivity contribution in [2.24, 2.45) is 5.92 Å². The molecule has 0 bridgehead atoms. The highest BCUT2D eigenvalue weighted by molar-refractivity contribution is 4.95. The smallest absolute Gasteiger partial charge is 0.0223 e. The number of hydrogen-bond donors (Lipinski definition) is 1. The maximum atomic E-state index is 3.54. The average Bonchev–Trinajstić information content (AvgIpc) is 2.38. The van der Waals surface area contributed by atoms with Crippen molar-refractivity contribution in [3.05, 3.63) is 0 Å². The zero-order valence-electron chi connectivity index (χ0n) is 11.9. The fourth-order valence-corrected chi connectivity index (χ4v) is 4.08. The first-order valence-corrected chi connectivity index (χ1v) is 8.07. The maximum absolute atomic E-state index is 3.54.